The largest absolute Gasteiger partial charge is 0.319 e. The van der Waals surface area contributed by atoms with Crippen molar-refractivity contribution in [2.24, 2.45) is 0 Å². The first-order valence-corrected chi connectivity index (χ1v) is 4.49. The number of rotatable bonds is 2. The topological polar surface area (TPSA) is 24.9 Å². The molecule has 74 valence electrons. The van der Waals surface area contributed by atoms with Crippen LogP contribution in [0.1, 0.15) is 17.5 Å². The van der Waals surface area contributed by atoms with Gasteiger partial charge in [-0.05, 0) is 25.6 Å². The van der Waals surface area contributed by atoms with Gasteiger partial charge in [0, 0.05) is 24.7 Å². The number of pyridine rings is 1. The fourth-order valence-electron chi connectivity index (χ4n) is 0.998. The van der Waals surface area contributed by atoms with Gasteiger partial charge in [0.15, 0.2) is 0 Å². The molecule has 3 heteroatoms. The second-order valence-corrected chi connectivity index (χ2v) is 2.98. The Morgan fingerprint density at radius 3 is 3.00 bits per heavy atom. The molecule has 0 fully saturated rings. The summed E-state index contributed by atoms with van der Waals surface area (Å²) in [5.41, 5.74) is 1.62. The molecule has 0 saturated carbocycles. The molecule has 0 aromatic carbocycles. The molecule has 14 heavy (non-hydrogen) atoms. The zero-order valence-electron chi connectivity index (χ0n) is 8.39. The minimum Gasteiger partial charge on any atom is -0.319 e. The van der Waals surface area contributed by atoms with Crippen LogP contribution in [0.3, 0.4) is 0 Å². The predicted molar refractivity (Wildman–Crippen MR) is 54.4 cm³/mol. The molecular weight excluding hydrogens is 179 g/mol. The molecule has 0 bridgehead atoms. The first-order chi connectivity index (χ1) is 6.74. The number of aryl methyl sites for hydroxylation is 1. The fourth-order valence-corrected chi connectivity index (χ4v) is 0.998. The molecule has 0 saturated heterocycles. The van der Waals surface area contributed by atoms with E-state index < -0.39 is 5.95 Å². The second-order valence-electron chi connectivity index (χ2n) is 2.98. The summed E-state index contributed by atoms with van der Waals surface area (Å²) in [5, 5.41) is 3.00. The van der Waals surface area contributed by atoms with Crippen molar-refractivity contribution in [3.63, 3.8) is 0 Å². The van der Waals surface area contributed by atoms with Gasteiger partial charge in [-0.1, -0.05) is 11.8 Å². The van der Waals surface area contributed by atoms with Crippen LogP contribution in [0, 0.1) is 24.7 Å². The van der Waals surface area contributed by atoms with Crippen LogP contribution in [0.5, 0.6) is 0 Å². The summed E-state index contributed by atoms with van der Waals surface area (Å²) in [6.07, 6.45) is 2.25. The highest BCUT2D eigenvalue weighted by atomic mass is 19.1. The molecule has 1 N–H and O–H groups in total. The van der Waals surface area contributed by atoms with E-state index in [1.165, 1.54) is 12.3 Å². The quantitative estimate of drug-likeness (QED) is 0.436. The Balaban J connectivity index is 2.70. The summed E-state index contributed by atoms with van der Waals surface area (Å²) in [6, 6.07) is 1.39. The van der Waals surface area contributed by atoms with Crippen molar-refractivity contribution in [1.82, 2.24) is 10.3 Å². The number of hydrogen-bond donors (Lipinski definition) is 1. The molecule has 0 atom stereocenters. The molecule has 0 aliphatic carbocycles. The van der Waals surface area contributed by atoms with Gasteiger partial charge in [0.1, 0.15) is 0 Å². The van der Waals surface area contributed by atoms with Gasteiger partial charge in [-0.15, -0.1) is 0 Å². The number of nitrogens with one attached hydrogen (secondary N) is 1. The molecule has 2 nitrogen and oxygen atoms in total. The van der Waals surface area contributed by atoms with Gasteiger partial charge in [-0.3, -0.25) is 0 Å². The van der Waals surface area contributed by atoms with Gasteiger partial charge in [-0.25, -0.2) is 4.98 Å². The zero-order valence-corrected chi connectivity index (χ0v) is 8.39. The lowest BCUT2D eigenvalue weighted by Gasteiger charge is -1.96. The lowest BCUT2D eigenvalue weighted by Crippen LogP contribution is -2.05. The second kappa shape index (κ2) is 5.36. The monoisotopic (exact) mass is 192 g/mol. The van der Waals surface area contributed by atoms with E-state index >= 15 is 0 Å². The van der Waals surface area contributed by atoms with E-state index in [-0.39, 0.29) is 0 Å². The number of halogens is 1. The molecule has 1 aromatic rings. The third-order valence-corrected chi connectivity index (χ3v) is 1.80. The van der Waals surface area contributed by atoms with E-state index in [1.54, 1.807) is 0 Å². The van der Waals surface area contributed by atoms with Gasteiger partial charge >= 0.3 is 0 Å². The van der Waals surface area contributed by atoms with E-state index in [4.69, 9.17) is 0 Å². The summed E-state index contributed by atoms with van der Waals surface area (Å²) in [5.74, 6) is 5.49. The van der Waals surface area contributed by atoms with E-state index in [9.17, 15) is 4.39 Å². The fraction of sp³-hybridized carbons (Fsp3) is 0.364. The average Bonchev–Trinajstić information content (AvgIpc) is 2.15. The van der Waals surface area contributed by atoms with Crippen LogP contribution in [-0.4, -0.2) is 18.6 Å². The van der Waals surface area contributed by atoms with Crippen LogP contribution in [-0.2, 0) is 0 Å². The van der Waals surface area contributed by atoms with Crippen LogP contribution in [0.25, 0.3) is 0 Å². The molecule has 0 aliphatic heterocycles. The average molecular weight is 192 g/mol. The maximum Gasteiger partial charge on any atom is 0.213 e. The van der Waals surface area contributed by atoms with Crippen molar-refractivity contribution in [3.8, 4) is 11.8 Å². The highest BCUT2D eigenvalue weighted by Gasteiger charge is 1.96. The van der Waals surface area contributed by atoms with Crippen LogP contribution in [0.4, 0.5) is 4.39 Å². The lowest BCUT2D eigenvalue weighted by molar-refractivity contribution is 0.582. The molecular formula is C11H13FN2. The van der Waals surface area contributed by atoms with Crippen molar-refractivity contribution in [2.45, 2.75) is 13.3 Å². The Bertz CT molecular complexity index is 363. The van der Waals surface area contributed by atoms with Crippen LogP contribution < -0.4 is 5.32 Å². The van der Waals surface area contributed by atoms with Crippen LogP contribution >= 0.6 is 0 Å². The third kappa shape index (κ3) is 3.15. The Labute approximate surface area is 83.6 Å². The zero-order chi connectivity index (χ0) is 10.4. The summed E-state index contributed by atoms with van der Waals surface area (Å²) in [4.78, 5) is 3.55. The SMILES string of the molecule is CNCCC#Cc1cnc(F)cc1C. The molecule has 0 unspecified atom stereocenters. The molecule has 0 spiro atoms. The van der Waals surface area contributed by atoms with Crippen LogP contribution in [0.2, 0.25) is 0 Å². The molecule has 1 rings (SSSR count). The standard InChI is InChI=1S/C11H13FN2/c1-9-7-11(12)14-8-10(9)5-3-4-6-13-2/h7-8,13H,4,6H2,1-2H3. The maximum atomic E-state index is 12.6. The number of aromatic nitrogens is 1. The van der Waals surface area contributed by atoms with E-state index in [0.717, 1.165) is 24.1 Å². The van der Waals surface area contributed by atoms with Crippen molar-refractivity contribution in [2.75, 3.05) is 13.6 Å². The number of nitrogens with zero attached hydrogens (tertiary/aromatic N) is 1. The molecule has 1 aromatic heterocycles. The van der Waals surface area contributed by atoms with Crippen LogP contribution in [0.15, 0.2) is 12.3 Å². The Morgan fingerprint density at radius 2 is 2.36 bits per heavy atom. The van der Waals surface area contributed by atoms with Crippen molar-refractivity contribution in [1.29, 1.82) is 0 Å². The van der Waals surface area contributed by atoms with Crippen molar-refractivity contribution < 1.29 is 4.39 Å². The van der Waals surface area contributed by atoms with E-state index in [0.29, 0.717) is 0 Å². The normalized spacial score (nSPS) is 9.36. The Morgan fingerprint density at radius 1 is 1.57 bits per heavy atom. The Hall–Kier alpha value is -1.40. The lowest BCUT2D eigenvalue weighted by atomic mass is 10.1. The first-order valence-electron chi connectivity index (χ1n) is 4.49. The van der Waals surface area contributed by atoms with Gasteiger partial charge < -0.3 is 5.32 Å². The highest BCUT2D eigenvalue weighted by Crippen LogP contribution is 2.05. The van der Waals surface area contributed by atoms with E-state index in [2.05, 4.69) is 22.1 Å². The van der Waals surface area contributed by atoms with Gasteiger partial charge in [-0.2, -0.15) is 4.39 Å². The van der Waals surface area contributed by atoms with Gasteiger partial charge in [0.25, 0.3) is 0 Å². The Kier molecular flexibility index (Phi) is 4.09. The van der Waals surface area contributed by atoms with Crippen molar-refractivity contribution in [3.05, 3.63) is 29.3 Å². The minimum atomic E-state index is -0.455. The van der Waals surface area contributed by atoms with Gasteiger partial charge in [0.2, 0.25) is 5.95 Å². The van der Waals surface area contributed by atoms with Crippen molar-refractivity contribution >= 4 is 0 Å². The predicted octanol–water partition coefficient (Wildman–Crippen LogP) is 1.49. The number of hydrogen-bond acceptors (Lipinski definition) is 2. The van der Waals surface area contributed by atoms with Gasteiger partial charge in [0.05, 0.1) is 0 Å². The molecule has 0 amide bonds. The highest BCUT2D eigenvalue weighted by molar-refractivity contribution is 5.38. The molecule has 0 radical (unpaired) electrons. The maximum absolute atomic E-state index is 12.6. The third-order valence-electron chi connectivity index (χ3n) is 1.80. The molecule has 0 aliphatic rings. The smallest absolute Gasteiger partial charge is 0.213 e. The molecule has 1 heterocycles. The first kappa shape index (κ1) is 10.7. The van der Waals surface area contributed by atoms with E-state index in [1.807, 2.05) is 14.0 Å². The minimum absolute atomic E-state index is 0.455. The summed E-state index contributed by atoms with van der Waals surface area (Å²) in [6.45, 7) is 2.69. The summed E-state index contributed by atoms with van der Waals surface area (Å²) < 4.78 is 12.6. The summed E-state index contributed by atoms with van der Waals surface area (Å²) in [7, 11) is 1.88. The summed E-state index contributed by atoms with van der Waals surface area (Å²) >= 11 is 0.